The monoisotopic (exact) mass is 496 g/mol. The maximum atomic E-state index is 13.6. The minimum Gasteiger partial charge on any atom is -0.450 e. The summed E-state index contributed by atoms with van der Waals surface area (Å²) in [5.41, 5.74) is 2.65. The highest BCUT2D eigenvalue weighted by atomic mass is 79.9. The van der Waals surface area contributed by atoms with E-state index in [-0.39, 0.29) is 17.1 Å². The third-order valence-electron chi connectivity index (χ3n) is 6.26. The summed E-state index contributed by atoms with van der Waals surface area (Å²) in [7, 11) is 0. The summed E-state index contributed by atoms with van der Waals surface area (Å²) >= 11 is 3.53. The zero-order valence-corrected chi connectivity index (χ0v) is 19.6. The molecule has 1 unspecified atom stereocenters. The van der Waals surface area contributed by atoms with E-state index in [2.05, 4.69) is 20.8 Å². The van der Waals surface area contributed by atoms with Crippen LogP contribution in [0.2, 0.25) is 0 Å². The quantitative estimate of drug-likeness (QED) is 0.531. The van der Waals surface area contributed by atoms with Crippen molar-refractivity contribution in [2.24, 2.45) is 0 Å². The Morgan fingerprint density at radius 2 is 1.88 bits per heavy atom. The number of fused-ring (bicyclic) bond motifs is 2. The predicted octanol–water partition coefficient (Wildman–Crippen LogP) is 4.13. The number of rotatable bonds is 5. The van der Waals surface area contributed by atoms with Gasteiger partial charge in [-0.25, -0.2) is 0 Å². The molecule has 1 fully saturated rings. The molecule has 0 saturated carbocycles. The van der Waals surface area contributed by atoms with Crippen LogP contribution in [0.5, 0.6) is 0 Å². The van der Waals surface area contributed by atoms with Gasteiger partial charge in [0.05, 0.1) is 30.2 Å². The summed E-state index contributed by atoms with van der Waals surface area (Å²) in [5, 5.41) is 0.520. The van der Waals surface area contributed by atoms with E-state index in [1.165, 1.54) is 0 Å². The van der Waals surface area contributed by atoms with E-state index in [0.29, 0.717) is 23.1 Å². The number of carbonyl (C=O) groups excluding carboxylic acids is 1. The van der Waals surface area contributed by atoms with Crippen LogP contribution in [0.15, 0.2) is 56.1 Å². The van der Waals surface area contributed by atoms with Crippen LogP contribution in [-0.4, -0.2) is 55.1 Å². The number of amides is 1. The van der Waals surface area contributed by atoms with Gasteiger partial charge >= 0.3 is 0 Å². The zero-order chi connectivity index (χ0) is 22.2. The van der Waals surface area contributed by atoms with Crippen molar-refractivity contribution in [3.63, 3.8) is 0 Å². The van der Waals surface area contributed by atoms with Gasteiger partial charge in [-0.3, -0.25) is 14.5 Å². The second-order valence-corrected chi connectivity index (χ2v) is 9.35. The Morgan fingerprint density at radius 1 is 1.06 bits per heavy atom. The first-order valence-electron chi connectivity index (χ1n) is 11.0. The lowest BCUT2D eigenvalue weighted by Gasteiger charge is -2.29. The molecule has 6 nitrogen and oxygen atoms in total. The summed E-state index contributed by atoms with van der Waals surface area (Å²) in [4.78, 5) is 31.2. The third-order valence-corrected chi connectivity index (χ3v) is 6.76. The minimum absolute atomic E-state index is 0.126. The second-order valence-electron chi connectivity index (χ2n) is 8.44. The molecule has 1 amide bonds. The molecular formula is C25H25BrN2O4. The Labute approximate surface area is 194 Å². The van der Waals surface area contributed by atoms with Gasteiger partial charge in [-0.15, -0.1) is 0 Å². The van der Waals surface area contributed by atoms with Gasteiger partial charge in [-0.2, -0.15) is 0 Å². The summed E-state index contributed by atoms with van der Waals surface area (Å²) in [6.07, 6.45) is 0.817. The molecule has 2 aliphatic heterocycles. The van der Waals surface area contributed by atoms with Crippen molar-refractivity contribution in [1.82, 2.24) is 9.80 Å². The lowest BCUT2D eigenvalue weighted by atomic mass is 9.98. The smallest absolute Gasteiger partial charge is 0.290 e. The van der Waals surface area contributed by atoms with Crippen LogP contribution < -0.4 is 5.43 Å². The normalized spacial score (nSPS) is 19.0. The largest absolute Gasteiger partial charge is 0.450 e. The molecule has 166 valence electrons. The topological polar surface area (TPSA) is 63.0 Å². The van der Waals surface area contributed by atoms with E-state index in [1.807, 2.05) is 43.3 Å². The van der Waals surface area contributed by atoms with Crippen molar-refractivity contribution < 1.29 is 13.9 Å². The standard InChI is InChI=1S/C25H25BrN2O4/c1-16-6-7-20-19(14-16)23(29)21-22(17-4-2-5-18(26)15-17)28(25(30)24(21)32-20)9-3-8-27-10-12-31-13-11-27/h2,4-7,14-15,22H,3,8-13H2,1H3. The second kappa shape index (κ2) is 8.81. The van der Waals surface area contributed by atoms with E-state index in [1.54, 1.807) is 11.0 Å². The van der Waals surface area contributed by atoms with Gasteiger partial charge in [0.2, 0.25) is 5.76 Å². The van der Waals surface area contributed by atoms with E-state index in [0.717, 1.165) is 54.9 Å². The Hall–Kier alpha value is -2.48. The molecule has 0 aliphatic carbocycles. The Balaban J connectivity index is 1.54. The van der Waals surface area contributed by atoms with Crippen molar-refractivity contribution in [3.05, 3.63) is 79.6 Å². The van der Waals surface area contributed by atoms with Gasteiger partial charge in [0.15, 0.2) is 5.43 Å². The van der Waals surface area contributed by atoms with Crippen molar-refractivity contribution in [2.45, 2.75) is 19.4 Å². The number of nitrogens with zero attached hydrogens (tertiary/aromatic N) is 2. The number of morpholine rings is 1. The Morgan fingerprint density at radius 3 is 2.66 bits per heavy atom. The average Bonchev–Trinajstić information content (AvgIpc) is 3.07. The number of hydrogen-bond donors (Lipinski definition) is 0. The van der Waals surface area contributed by atoms with Gasteiger partial charge in [0.25, 0.3) is 5.91 Å². The van der Waals surface area contributed by atoms with E-state index in [9.17, 15) is 9.59 Å². The fourth-order valence-electron chi connectivity index (χ4n) is 4.68. The van der Waals surface area contributed by atoms with Crippen LogP contribution >= 0.6 is 15.9 Å². The highest BCUT2D eigenvalue weighted by molar-refractivity contribution is 9.10. The number of ether oxygens (including phenoxy) is 1. The Kier molecular flexibility index (Phi) is 5.88. The van der Waals surface area contributed by atoms with Gasteiger partial charge in [0, 0.05) is 30.7 Å². The highest BCUT2D eigenvalue weighted by Gasteiger charge is 2.42. The van der Waals surface area contributed by atoms with E-state index >= 15 is 0 Å². The summed E-state index contributed by atoms with van der Waals surface area (Å²) < 4.78 is 12.4. The van der Waals surface area contributed by atoms with Crippen molar-refractivity contribution in [3.8, 4) is 0 Å². The molecule has 2 aromatic carbocycles. The molecule has 0 bridgehead atoms. The van der Waals surface area contributed by atoms with Crippen LogP contribution in [0.25, 0.3) is 11.0 Å². The minimum atomic E-state index is -0.458. The van der Waals surface area contributed by atoms with Crippen molar-refractivity contribution in [2.75, 3.05) is 39.4 Å². The third kappa shape index (κ3) is 3.89. The fourth-order valence-corrected chi connectivity index (χ4v) is 5.09. The fraction of sp³-hybridized carbons (Fsp3) is 0.360. The molecule has 0 radical (unpaired) electrons. The molecular weight excluding hydrogens is 472 g/mol. The van der Waals surface area contributed by atoms with Gasteiger partial charge in [0.1, 0.15) is 5.58 Å². The molecule has 1 atom stereocenters. The maximum Gasteiger partial charge on any atom is 0.290 e. The first-order chi connectivity index (χ1) is 15.5. The van der Waals surface area contributed by atoms with Gasteiger partial charge in [-0.05, 0) is 43.2 Å². The van der Waals surface area contributed by atoms with Crippen LogP contribution in [0.3, 0.4) is 0 Å². The molecule has 32 heavy (non-hydrogen) atoms. The molecule has 0 N–H and O–H groups in total. The van der Waals surface area contributed by atoms with Gasteiger partial charge in [-0.1, -0.05) is 39.7 Å². The number of hydrogen-bond acceptors (Lipinski definition) is 5. The number of aryl methyl sites for hydroxylation is 1. The Bertz CT molecular complexity index is 1230. The predicted molar refractivity (Wildman–Crippen MR) is 126 cm³/mol. The van der Waals surface area contributed by atoms with Crippen molar-refractivity contribution >= 4 is 32.8 Å². The van der Waals surface area contributed by atoms with Crippen LogP contribution in [0.4, 0.5) is 0 Å². The lowest BCUT2D eigenvalue weighted by Crippen LogP contribution is -2.38. The molecule has 7 heteroatoms. The summed E-state index contributed by atoms with van der Waals surface area (Å²) in [6, 6.07) is 12.9. The summed E-state index contributed by atoms with van der Waals surface area (Å²) in [6.45, 7) is 6.70. The van der Waals surface area contributed by atoms with Crippen LogP contribution in [0, 0.1) is 6.92 Å². The SMILES string of the molecule is Cc1ccc2oc3c(c(=O)c2c1)C(c1cccc(Br)c1)N(CCCN1CCOCC1)C3=O. The van der Waals surface area contributed by atoms with Gasteiger partial charge < -0.3 is 14.1 Å². The molecule has 0 spiro atoms. The van der Waals surface area contributed by atoms with Crippen LogP contribution in [0.1, 0.15) is 39.7 Å². The number of carbonyl (C=O) groups is 1. The average molecular weight is 497 g/mol. The number of halogens is 1. The summed E-state index contributed by atoms with van der Waals surface area (Å²) in [5.74, 6) is -0.0470. The van der Waals surface area contributed by atoms with Crippen molar-refractivity contribution in [1.29, 1.82) is 0 Å². The lowest BCUT2D eigenvalue weighted by molar-refractivity contribution is 0.0353. The van der Waals surface area contributed by atoms with E-state index < -0.39 is 6.04 Å². The van der Waals surface area contributed by atoms with E-state index in [4.69, 9.17) is 9.15 Å². The number of benzene rings is 2. The molecule has 3 heterocycles. The zero-order valence-electron chi connectivity index (χ0n) is 18.0. The first kappa shape index (κ1) is 21.4. The maximum absolute atomic E-state index is 13.6. The molecule has 1 saturated heterocycles. The first-order valence-corrected chi connectivity index (χ1v) is 11.8. The highest BCUT2D eigenvalue weighted by Crippen LogP contribution is 2.39. The molecule has 2 aliphatic rings. The molecule has 3 aromatic rings. The molecule has 1 aromatic heterocycles. The molecule has 5 rings (SSSR count). The van der Waals surface area contributed by atoms with Crippen LogP contribution in [-0.2, 0) is 4.74 Å².